The molecule has 2 fully saturated rings. The van der Waals surface area contributed by atoms with Crippen LogP contribution in [0.2, 0.25) is 0 Å². The van der Waals surface area contributed by atoms with Gasteiger partial charge in [0.1, 0.15) is 5.82 Å². The summed E-state index contributed by atoms with van der Waals surface area (Å²) in [6.07, 6.45) is 0.685. The fourth-order valence-corrected chi connectivity index (χ4v) is 4.71. The van der Waals surface area contributed by atoms with E-state index in [1.165, 1.54) is 27.8 Å². The second-order valence-electron chi connectivity index (χ2n) is 8.18. The van der Waals surface area contributed by atoms with Crippen LogP contribution in [0.3, 0.4) is 0 Å². The van der Waals surface area contributed by atoms with Crippen molar-refractivity contribution in [1.82, 2.24) is 19.2 Å². The molecule has 1 saturated heterocycles. The third-order valence-electron chi connectivity index (χ3n) is 6.28. The first kappa shape index (κ1) is 20.7. The maximum absolute atomic E-state index is 13.3. The minimum Gasteiger partial charge on any atom is -0.339 e. The molecule has 2 heterocycles. The molecule has 1 saturated carbocycles. The van der Waals surface area contributed by atoms with E-state index < -0.39 is 17.6 Å². The van der Waals surface area contributed by atoms with Crippen molar-refractivity contribution in [2.45, 2.75) is 56.7 Å². The Kier molecular flexibility index (Phi) is 5.46. The Morgan fingerprint density at radius 3 is 2.33 bits per heavy atom. The topological polar surface area (TPSA) is 60.1 Å². The minimum atomic E-state index is -4.57. The second-order valence-corrected chi connectivity index (χ2v) is 8.18. The maximum atomic E-state index is 13.3. The van der Waals surface area contributed by atoms with Crippen molar-refractivity contribution in [3.63, 3.8) is 0 Å². The lowest BCUT2D eigenvalue weighted by Crippen LogP contribution is -2.39. The van der Waals surface area contributed by atoms with E-state index >= 15 is 0 Å². The minimum absolute atomic E-state index is 0.0152. The van der Waals surface area contributed by atoms with Crippen molar-refractivity contribution in [3.05, 3.63) is 51.7 Å². The smallest absolute Gasteiger partial charge is 0.339 e. The van der Waals surface area contributed by atoms with Crippen LogP contribution in [0.5, 0.6) is 0 Å². The number of carbonyl (C=O) groups excluding carboxylic acids is 1. The van der Waals surface area contributed by atoms with Crippen molar-refractivity contribution in [1.29, 1.82) is 0 Å². The summed E-state index contributed by atoms with van der Waals surface area (Å²) in [5.41, 5.74) is -1.34. The largest absolute Gasteiger partial charge is 0.417 e. The Morgan fingerprint density at radius 2 is 1.70 bits per heavy atom. The van der Waals surface area contributed by atoms with Gasteiger partial charge in [0.25, 0.3) is 5.91 Å². The number of hydrogen-bond acceptors (Lipinski definition) is 3. The van der Waals surface area contributed by atoms with Crippen LogP contribution < -0.4 is 5.69 Å². The summed E-state index contributed by atoms with van der Waals surface area (Å²) in [5, 5.41) is 4.47. The van der Waals surface area contributed by atoms with Crippen LogP contribution in [-0.2, 0) is 13.2 Å². The quantitative estimate of drug-likeness (QED) is 0.757. The fraction of sp³-hybridized carbons (Fsp3) is 0.571. The molecule has 4 rings (SSSR count). The number of benzene rings is 1. The summed E-state index contributed by atoms with van der Waals surface area (Å²) in [6, 6.07) is 5.07. The summed E-state index contributed by atoms with van der Waals surface area (Å²) < 4.78 is 43.0. The SMILES string of the molecule is Cn1nc(C2CCN(C(=O)c3ccccc3C(F)(F)F)CC2)n(C2CCCC2)c1=O. The first-order valence-electron chi connectivity index (χ1n) is 10.4. The number of aryl methyl sites for hydroxylation is 1. The number of amides is 1. The highest BCUT2D eigenvalue weighted by atomic mass is 19.4. The zero-order valence-electron chi connectivity index (χ0n) is 16.9. The Bertz CT molecular complexity index is 981. The van der Waals surface area contributed by atoms with Crippen molar-refractivity contribution in [3.8, 4) is 0 Å². The van der Waals surface area contributed by atoms with Gasteiger partial charge >= 0.3 is 11.9 Å². The highest BCUT2D eigenvalue weighted by Crippen LogP contribution is 2.35. The zero-order chi connectivity index (χ0) is 21.5. The van der Waals surface area contributed by atoms with Crippen molar-refractivity contribution >= 4 is 5.91 Å². The van der Waals surface area contributed by atoms with Gasteiger partial charge in [-0.2, -0.15) is 18.3 Å². The van der Waals surface area contributed by atoms with Crippen LogP contribution in [0.4, 0.5) is 13.2 Å². The van der Waals surface area contributed by atoms with E-state index in [4.69, 9.17) is 0 Å². The second kappa shape index (κ2) is 7.92. The summed E-state index contributed by atoms with van der Waals surface area (Å²) in [6.45, 7) is 0.677. The van der Waals surface area contributed by atoms with Crippen LogP contribution >= 0.6 is 0 Å². The molecule has 0 bridgehead atoms. The molecule has 0 unspecified atom stereocenters. The van der Waals surface area contributed by atoms with Gasteiger partial charge in [0, 0.05) is 32.1 Å². The average molecular weight is 422 g/mol. The van der Waals surface area contributed by atoms with Gasteiger partial charge in [-0.3, -0.25) is 9.36 Å². The van der Waals surface area contributed by atoms with Gasteiger partial charge in [0.05, 0.1) is 11.1 Å². The number of aromatic nitrogens is 3. The number of hydrogen-bond donors (Lipinski definition) is 0. The monoisotopic (exact) mass is 422 g/mol. The van der Waals surface area contributed by atoms with Gasteiger partial charge in [-0.05, 0) is 37.8 Å². The normalized spacial score (nSPS) is 18.9. The van der Waals surface area contributed by atoms with Gasteiger partial charge in [-0.1, -0.05) is 25.0 Å². The number of likely N-dealkylation sites (tertiary alicyclic amines) is 1. The lowest BCUT2D eigenvalue weighted by Gasteiger charge is -2.32. The molecule has 1 aromatic heterocycles. The molecule has 162 valence electrons. The van der Waals surface area contributed by atoms with Crippen molar-refractivity contribution in [2.24, 2.45) is 7.05 Å². The highest BCUT2D eigenvalue weighted by molar-refractivity contribution is 5.96. The van der Waals surface area contributed by atoms with E-state index in [9.17, 15) is 22.8 Å². The van der Waals surface area contributed by atoms with E-state index in [0.717, 1.165) is 37.6 Å². The van der Waals surface area contributed by atoms with E-state index in [-0.39, 0.29) is 23.2 Å². The van der Waals surface area contributed by atoms with Gasteiger partial charge in [0.15, 0.2) is 0 Å². The average Bonchev–Trinajstić information content (AvgIpc) is 3.35. The molecule has 1 aliphatic heterocycles. The van der Waals surface area contributed by atoms with Crippen LogP contribution in [0.1, 0.15) is 72.2 Å². The number of rotatable bonds is 3. The first-order valence-corrected chi connectivity index (χ1v) is 10.4. The molecule has 2 aliphatic rings. The Labute approximate surface area is 172 Å². The summed E-state index contributed by atoms with van der Waals surface area (Å²) in [7, 11) is 1.64. The molecular weight excluding hydrogens is 397 g/mol. The van der Waals surface area contributed by atoms with Gasteiger partial charge in [-0.15, -0.1) is 0 Å². The lowest BCUT2D eigenvalue weighted by atomic mass is 9.94. The molecule has 1 aliphatic carbocycles. The Morgan fingerprint density at radius 1 is 1.07 bits per heavy atom. The van der Waals surface area contributed by atoms with Crippen molar-refractivity contribution in [2.75, 3.05) is 13.1 Å². The summed E-state index contributed by atoms with van der Waals surface area (Å²) in [4.78, 5) is 26.9. The molecular formula is C21H25F3N4O2. The summed E-state index contributed by atoms with van der Waals surface area (Å²) in [5.74, 6) is 0.161. The molecule has 0 N–H and O–H groups in total. The number of alkyl halides is 3. The fourth-order valence-electron chi connectivity index (χ4n) is 4.71. The predicted molar refractivity (Wildman–Crippen MR) is 104 cm³/mol. The Hall–Kier alpha value is -2.58. The first-order chi connectivity index (χ1) is 14.3. The molecule has 0 spiro atoms. The van der Waals surface area contributed by atoms with Gasteiger partial charge in [-0.25, -0.2) is 9.48 Å². The van der Waals surface area contributed by atoms with Crippen LogP contribution in [0, 0.1) is 0 Å². The number of halogens is 3. The molecule has 0 atom stereocenters. The molecule has 6 nitrogen and oxygen atoms in total. The van der Waals surface area contributed by atoms with E-state index in [1.807, 2.05) is 4.57 Å². The Balaban J connectivity index is 1.51. The van der Waals surface area contributed by atoms with Crippen LogP contribution in [0.25, 0.3) is 0 Å². The van der Waals surface area contributed by atoms with Gasteiger partial charge in [0.2, 0.25) is 0 Å². The van der Waals surface area contributed by atoms with Crippen molar-refractivity contribution < 1.29 is 18.0 Å². The van der Waals surface area contributed by atoms with E-state index in [2.05, 4.69) is 5.10 Å². The molecule has 1 aromatic carbocycles. The van der Waals surface area contributed by atoms with Crippen LogP contribution in [-0.4, -0.2) is 38.2 Å². The molecule has 0 radical (unpaired) electrons. The van der Waals surface area contributed by atoms with E-state index in [0.29, 0.717) is 25.9 Å². The number of carbonyl (C=O) groups is 1. The van der Waals surface area contributed by atoms with Crippen LogP contribution in [0.15, 0.2) is 29.1 Å². The zero-order valence-corrected chi connectivity index (χ0v) is 16.9. The third kappa shape index (κ3) is 3.77. The number of nitrogens with zero attached hydrogens (tertiary/aromatic N) is 4. The summed E-state index contributed by atoms with van der Waals surface area (Å²) >= 11 is 0. The molecule has 9 heteroatoms. The molecule has 30 heavy (non-hydrogen) atoms. The lowest BCUT2D eigenvalue weighted by molar-refractivity contribution is -0.138. The maximum Gasteiger partial charge on any atom is 0.417 e. The predicted octanol–water partition coefficient (Wildman–Crippen LogP) is 3.74. The standard InChI is InChI=1S/C21H25F3N4O2/c1-26-20(30)28(15-6-2-3-7-15)18(25-26)14-10-12-27(13-11-14)19(29)16-8-4-5-9-17(16)21(22,23)24/h4-5,8-9,14-15H,2-3,6-7,10-13H2,1H3. The van der Waals surface area contributed by atoms with E-state index in [1.54, 1.807) is 7.05 Å². The molecule has 2 aromatic rings. The highest BCUT2D eigenvalue weighted by Gasteiger charge is 2.37. The van der Waals surface area contributed by atoms with Gasteiger partial charge < -0.3 is 4.90 Å². The third-order valence-corrected chi connectivity index (χ3v) is 6.28. The number of piperidine rings is 1. The molecule has 1 amide bonds.